The van der Waals surface area contributed by atoms with Crippen LogP contribution in [-0.2, 0) is 0 Å². The molecule has 0 aliphatic rings. The summed E-state index contributed by atoms with van der Waals surface area (Å²) in [5, 5.41) is 1.99. The molecule has 2 N–H and O–H groups in total. The third-order valence-electron chi connectivity index (χ3n) is 3.43. The van der Waals surface area contributed by atoms with Crippen LogP contribution in [0.25, 0.3) is 22.0 Å². The Labute approximate surface area is 134 Å². The molecule has 0 amide bonds. The van der Waals surface area contributed by atoms with E-state index in [0.29, 0.717) is 6.54 Å². The van der Waals surface area contributed by atoms with E-state index in [2.05, 4.69) is 12.1 Å². The molecule has 0 bridgehead atoms. The molecule has 0 spiro atoms. The van der Waals surface area contributed by atoms with Gasteiger partial charge in [-0.25, -0.2) is 4.98 Å². The molecule has 2 aromatic carbocycles. The predicted octanol–water partition coefficient (Wildman–Crippen LogP) is 3.96. The molecule has 0 fully saturated rings. The molecule has 0 saturated heterocycles. The SMILES string of the molecule is COc1c(-c2ccccc2)c(SCCN)nc2ccccc12. The predicted molar refractivity (Wildman–Crippen MR) is 93.5 cm³/mol. The number of hydrogen-bond acceptors (Lipinski definition) is 4. The van der Waals surface area contributed by atoms with E-state index in [1.165, 1.54) is 0 Å². The minimum Gasteiger partial charge on any atom is -0.495 e. The van der Waals surface area contributed by atoms with Crippen molar-refractivity contribution in [3.05, 3.63) is 54.6 Å². The third kappa shape index (κ3) is 2.80. The summed E-state index contributed by atoms with van der Waals surface area (Å²) >= 11 is 1.67. The maximum atomic E-state index is 5.75. The van der Waals surface area contributed by atoms with Gasteiger partial charge in [0.1, 0.15) is 10.8 Å². The van der Waals surface area contributed by atoms with Crippen LogP contribution in [0.3, 0.4) is 0 Å². The van der Waals surface area contributed by atoms with Crippen LogP contribution in [0.15, 0.2) is 59.6 Å². The lowest BCUT2D eigenvalue weighted by atomic mass is 10.0. The normalized spacial score (nSPS) is 10.8. The van der Waals surface area contributed by atoms with Gasteiger partial charge in [0.25, 0.3) is 0 Å². The zero-order valence-electron chi connectivity index (χ0n) is 12.5. The number of aromatic nitrogens is 1. The fourth-order valence-electron chi connectivity index (χ4n) is 2.49. The van der Waals surface area contributed by atoms with Crippen molar-refractivity contribution in [1.29, 1.82) is 0 Å². The summed E-state index contributed by atoms with van der Waals surface area (Å²) in [6, 6.07) is 18.3. The van der Waals surface area contributed by atoms with Crippen molar-refractivity contribution < 1.29 is 4.74 Å². The van der Waals surface area contributed by atoms with Gasteiger partial charge in [0.05, 0.1) is 18.2 Å². The highest BCUT2D eigenvalue weighted by atomic mass is 32.2. The second kappa shape index (κ2) is 6.81. The maximum absolute atomic E-state index is 5.75. The standard InChI is InChI=1S/C18H18N2OS/c1-21-17-14-9-5-6-10-15(14)20-18(22-12-11-19)16(17)13-7-3-2-4-8-13/h2-10H,11-12,19H2,1H3. The Hall–Kier alpha value is -2.04. The molecule has 1 heterocycles. The number of rotatable bonds is 5. The molecule has 4 heteroatoms. The highest BCUT2D eigenvalue weighted by molar-refractivity contribution is 7.99. The van der Waals surface area contributed by atoms with Crippen LogP contribution in [0.4, 0.5) is 0 Å². The number of pyridine rings is 1. The maximum Gasteiger partial charge on any atom is 0.138 e. The molecule has 1 aromatic heterocycles. The summed E-state index contributed by atoms with van der Waals surface area (Å²) in [4.78, 5) is 4.83. The third-order valence-corrected chi connectivity index (χ3v) is 4.44. The summed E-state index contributed by atoms with van der Waals surface area (Å²) in [5.74, 6) is 1.70. The van der Waals surface area contributed by atoms with Gasteiger partial charge in [-0.15, -0.1) is 11.8 Å². The molecule has 112 valence electrons. The first-order valence-electron chi connectivity index (χ1n) is 7.20. The minimum atomic E-state index is 0.621. The van der Waals surface area contributed by atoms with Gasteiger partial charge in [-0.1, -0.05) is 42.5 Å². The van der Waals surface area contributed by atoms with Gasteiger partial charge in [0.15, 0.2) is 0 Å². The van der Waals surface area contributed by atoms with Crippen LogP contribution in [0.5, 0.6) is 5.75 Å². The van der Waals surface area contributed by atoms with Gasteiger partial charge < -0.3 is 10.5 Å². The van der Waals surface area contributed by atoms with Gasteiger partial charge in [0, 0.05) is 17.7 Å². The summed E-state index contributed by atoms with van der Waals surface area (Å²) in [6.07, 6.45) is 0. The van der Waals surface area contributed by atoms with Gasteiger partial charge in [-0.3, -0.25) is 0 Å². The minimum absolute atomic E-state index is 0.621. The molecule has 0 saturated carbocycles. The van der Waals surface area contributed by atoms with Crippen molar-refractivity contribution in [3.63, 3.8) is 0 Å². The molecule has 3 rings (SSSR count). The van der Waals surface area contributed by atoms with Gasteiger partial charge in [-0.05, 0) is 17.7 Å². The number of nitrogens with two attached hydrogens (primary N) is 1. The van der Waals surface area contributed by atoms with Crippen molar-refractivity contribution in [1.82, 2.24) is 4.98 Å². The molecule has 0 unspecified atom stereocenters. The van der Waals surface area contributed by atoms with Crippen LogP contribution < -0.4 is 10.5 Å². The van der Waals surface area contributed by atoms with Crippen molar-refractivity contribution in [3.8, 4) is 16.9 Å². The van der Waals surface area contributed by atoms with Crippen molar-refractivity contribution in [2.24, 2.45) is 5.73 Å². The second-order valence-corrected chi connectivity index (χ2v) is 5.93. The van der Waals surface area contributed by atoms with E-state index in [9.17, 15) is 0 Å². The highest BCUT2D eigenvalue weighted by Crippen LogP contribution is 2.41. The Balaban J connectivity index is 2.29. The molecule has 0 atom stereocenters. The molecule has 0 radical (unpaired) electrons. The zero-order valence-corrected chi connectivity index (χ0v) is 13.3. The number of thioether (sulfide) groups is 1. The molecule has 0 aliphatic carbocycles. The Bertz CT molecular complexity index is 775. The number of fused-ring (bicyclic) bond motifs is 1. The lowest BCUT2D eigenvalue weighted by molar-refractivity contribution is 0.420. The fourth-order valence-corrected chi connectivity index (χ4v) is 3.32. The summed E-state index contributed by atoms with van der Waals surface area (Å²) in [7, 11) is 1.71. The summed E-state index contributed by atoms with van der Waals surface area (Å²) in [6.45, 7) is 0.621. The molecular formula is C18H18N2OS. The van der Waals surface area contributed by atoms with Gasteiger partial charge in [-0.2, -0.15) is 0 Å². The quantitative estimate of drug-likeness (QED) is 0.725. The number of methoxy groups -OCH3 is 1. The number of ether oxygens (including phenoxy) is 1. The first-order chi connectivity index (χ1) is 10.8. The topological polar surface area (TPSA) is 48.1 Å². The van der Waals surface area contributed by atoms with E-state index in [4.69, 9.17) is 15.5 Å². The average molecular weight is 310 g/mol. The van der Waals surface area contributed by atoms with Crippen LogP contribution in [0.2, 0.25) is 0 Å². The van der Waals surface area contributed by atoms with Crippen molar-refractivity contribution in [2.75, 3.05) is 19.4 Å². The Morgan fingerprint density at radius 3 is 2.50 bits per heavy atom. The lowest BCUT2D eigenvalue weighted by Crippen LogP contribution is -2.03. The van der Waals surface area contributed by atoms with Crippen LogP contribution >= 0.6 is 11.8 Å². The number of benzene rings is 2. The number of para-hydroxylation sites is 1. The van der Waals surface area contributed by atoms with E-state index in [1.807, 2.05) is 42.5 Å². The Morgan fingerprint density at radius 2 is 1.77 bits per heavy atom. The zero-order chi connectivity index (χ0) is 15.4. The molecule has 3 aromatic rings. The van der Waals surface area contributed by atoms with E-state index in [1.54, 1.807) is 18.9 Å². The van der Waals surface area contributed by atoms with E-state index in [-0.39, 0.29) is 0 Å². The van der Waals surface area contributed by atoms with E-state index < -0.39 is 0 Å². The first kappa shape index (κ1) is 14.9. The lowest BCUT2D eigenvalue weighted by Gasteiger charge is -2.16. The Kier molecular flexibility index (Phi) is 4.61. The fraction of sp³-hybridized carbons (Fsp3) is 0.167. The summed E-state index contributed by atoms with van der Waals surface area (Å²) < 4.78 is 5.75. The van der Waals surface area contributed by atoms with Crippen LogP contribution in [-0.4, -0.2) is 24.4 Å². The smallest absolute Gasteiger partial charge is 0.138 e. The first-order valence-corrected chi connectivity index (χ1v) is 8.18. The van der Waals surface area contributed by atoms with Crippen LogP contribution in [0.1, 0.15) is 0 Å². The second-order valence-electron chi connectivity index (χ2n) is 4.85. The van der Waals surface area contributed by atoms with E-state index >= 15 is 0 Å². The number of hydrogen-bond donors (Lipinski definition) is 1. The Morgan fingerprint density at radius 1 is 1.05 bits per heavy atom. The molecule has 3 nitrogen and oxygen atoms in total. The van der Waals surface area contributed by atoms with Gasteiger partial charge >= 0.3 is 0 Å². The molecule has 0 aliphatic heterocycles. The molecule has 22 heavy (non-hydrogen) atoms. The van der Waals surface area contributed by atoms with Crippen LogP contribution in [0, 0.1) is 0 Å². The number of nitrogens with zero attached hydrogens (tertiary/aromatic N) is 1. The monoisotopic (exact) mass is 310 g/mol. The largest absolute Gasteiger partial charge is 0.495 e. The average Bonchev–Trinajstić information content (AvgIpc) is 2.59. The summed E-state index contributed by atoms with van der Waals surface area (Å²) in [5.41, 5.74) is 8.76. The highest BCUT2D eigenvalue weighted by Gasteiger charge is 2.17. The van der Waals surface area contributed by atoms with E-state index in [0.717, 1.165) is 38.6 Å². The van der Waals surface area contributed by atoms with Crippen molar-refractivity contribution in [2.45, 2.75) is 5.03 Å². The van der Waals surface area contributed by atoms with Crippen molar-refractivity contribution >= 4 is 22.7 Å². The van der Waals surface area contributed by atoms with Gasteiger partial charge in [0.2, 0.25) is 0 Å². The molecular weight excluding hydrogens is 292 g/mol.